The first-order valence-corrected chi connectivity index (χ1v) is 41.1. The molecule has 36 atom stereocenters. The predicted molar refractivity (Wildman–Crippen MR) is 390 cm³/mol. The van der Waals surface area contributed by atoms with Gasteiger partial charge in [-0.2, -0.15) is 0 Å². The Morgan fingerprint density at radius 3 is 0.741 bits per heavy atom. The third-order valence-electron chi connectivity index (χ3n) is 22.4. The Labute approximate surface area is 672 Å². The van der Waals surface area contributed by atoms with Crippen LogP contribution in [0.15, 0.2) is 0 Å². The van der Waals surface area contributed by atoms with Crippen LogP contribution < -0.4 is 21.3 Å². The molecule has 0 unspecified atom stereocenters. The maximum absolute atomic E-state index is 13.9. The highest BCUT2D eigenvalue weighted by Gasteiger charge is 2.60. The van der Waals surface area contributed by atoms with Crippen molar-refractivity contribution in [2.75, 3.05) is 59.3 Å². The van der Waals surface area contributed by atoms with E-state index >= 15 is 0 Å². The van der Waals surface area contributed by atoms with E-state index < -0.39 is 310 Å². The Hall–Kier alpha value is -3.48. The van der Waals surface area contributed by atoms with Gasteiger partial charge in [0.25, 0.3) is 0 Å². The monoisotopic (exact) mass is 1680 g/mol. The molecule has 24 N–H and O–H groups in total. The first kappa shape index (κ1) is 98.0. The maximum atomic E-state index is 13.9. The van der Waals surface area contributed by atoms with Crippen LogP contribution in [-0.2, 0) is 85.5 Å². The highest BCUT2D eigenvalue weighted by molar-refractivity contribution is 5.92. The molecule has 14 bridgehead atoms. The van der Waals surface area contributed by atoms with Crippen molar-refractivity contribution in [2.45, 2.75) is 383 Å². The summed E-state index contributed by atoms with van der Waals surface area (Å²) in [5, 5.41) is 237. The summed E-state index contributed by atoms with van der Waals surface area (Å²) in [5.74, 6) is -2.86. The lowest BCUT2D eigenvalue weighted by Crippen LogP contribution is -2.68. The molecular weight excluding hydrogens is 1550 g/mol. The first-order valence-electron chi connectivity index (χ1n) is 41.1. The second-order valence-corrected chi connectivity index (χ2v) is 31.1. The van der Waals surface area contributed by atoms with E-state index in [1.807, 2.05) is 0 Å². The van der Waals surface area contributed by atoms with Crippen LogP contribution in [0.3, 0.4) is 0 Å². The molecule has 116 heavy (non-hydrogen) atoms. The SMILES string of the molecule is CCCCCCCCCCCCNC(=O)C[C@H](NC(=O)CCC(=O)NC[C@H]1O[C@@H]2O[C@H]3[C@H](O)[C@H](O)[C@@H](O[C@H]4[C@H](O)[C@H](O)[C@@H](O[C@H]5[C@H](O)[C@H](O)[C@@H](O[C@H]6[C@H](O)[C@@H](O)[C@@H](O[C@H]7[C@H](O)[C@@H](O)[C@@H](O[C@H]8[C@H](O)[C@@H](O)[C@@H](O[C@H]1[C@H](O)[C@H]2O)O[C@@H]8CO)O[C@@H]7CO)O[C@@H]6CO)O[C@@H]5CO)O[C@@H]4CO)O[C@@H]3CO)C(=O)NCCCCCCCCCCCC. The zero-order valence-corrected chi connectivity index (χ0v) is 65.7. The number of rotatable bonds is 37. The van der Waals surface area contributed by atoms with Gasteiger partial charge in [-0.25, -0.2) is 0 Å². The van der Waals surface area contributed by atoms with Gasteiger partial charge in [-0.15, -0.1) is 0 Å². The minimum atomic E-state index is -2.35. The van der Waals surface area contributed by atoms with Crippen molar-refractivity contribution >= 4 is 23.6 Å². The maximum Gasteiger partial charge on any atom is 0.243 e. The first-order chi connectivity index (χ1) is 55.7. The van der Waals surface area contributed by atoms with Gasteiger partial charge in [0.2, 0.25) is 23.6 Å². The molecule has 21 saturated heterocycles. The fraction of sp³-hybridized carbons (Fsp3) is 0.946. The molecule has 0 saturated carbocycles. The molecule has 21 heterocycles. The quantitative estimate of drug-likeness (QED) is 0.0257. The van der Waals surface area contributed by atoms with Crippen LogP contribution in [-0.4, -0.2) is 406 Å². The summed E-state index contributed by atoms with van der Waals surface area (Å²) in [4.78, 5) is 54.8. The van der Waals surface area contributed by atoms with Crippen LogP contribution in [0.5, 0.6) is 0 Å². The molecule has 4 amide bonds. The summed E-state index contributed by atoms with van der Waals surface area (Å²) in [6.07, 6.45) is -53.6. The van der Waals surface area contributed by atoms with Crippen molar-refractivity contribution in [3.05, 3.63) is 0 Å². The van der Waals surface area contributed by atoms with Crippen molar-refractivity contribution in [1.82, 2.24) is 21.3 Å². The van der Waals surface area contributed by atoms with Crippen molar-refractivity contribution in [1.29, 1.82) is 0 Å². The highest BCUT2D eigenvalue weighted by atomic mass is 16.8. The molecular formula is C74H130N4O38. The summed E-state index contributed by atoms with van der Waals surface area (Å²) in [5.41, 5.74) is 0. The zero-order valence-electron chi connectivity index (χ0n) is 65.7. The lowest BCUT2D eigenvalue weighted by molar-refractivity contribution is -0.396. The number of hydrogen-bond acceptors (Lipinski definition) is 38. The normalized spacial score (nSPS) is 40.8. The van der Waals surface area contributed by atoms with Crippen molar-refractivity contribution < 1.29 is 188 Å². The van der Waals surface area contributed by atoms with E-state index in [9.17, 15) is 121 Å². The van der Waals surface area contributed by atoms with Gasteiger partial charge >= 0.3 is 0 Å². The standard InChI is InChI=1S/C74H130N4O38/c1-3-5-7-9-11-13-15-17-19-21-25-75-45(87)27-35(67(102)76-26-22-20-18-16-14-12-10-8-6-4-2)78-44(86)24-23-43(85)77-28-36-60-46(88)53(95)68(103-36)111-61-37(29-79)105-70(55(97)48(61)90)113-63-39(31-81)107-72(57(99)50(63)92)115-65-41(33-83)109-74(59(101)52(65)94)116-66-42(34-84)108-73(58(100)51(66)93)114-64-40(32-82)106-71(56(98)49(64)91)112-62-38(30-80)104-69(110-60)54(96)47(62)89/h35-42,46-66,68-74,79-84,88-101H,3-34H2,1-2H3,(H,75,87)(H,76,102)(H,77,85)(H,78,86)/t35-,36+,37+,38+,39+,40+,41+,42+,46+,47+,48+,49+,50+,51+,52+,53+,54+,55-,56+,57-,58+,59-,60+,61+,62+,63+,64+,65+,66+,68+,69+,70+,71+,72+,73+,74+/m0/s1. The van der Waals surface area contributed by atoms with E-state index in [4.69, 9.17) is 66.3 Å². The summed E-state index contributed by atoms with van der Waals surface area (Å²) in [6.45, 7) is -2.46. The third kappa shape index (κ3) is 26.3. The average Bonchev–Trinajstić information content (AvgIpc) is 0.779. The van der Waals surface area contributed by atoms with Crippen molar-refractivity contribution in [3.63, 3.8) is 0 Å². The van der Waals surface area contributed by atoms with Crippen LogP contribution in [0.2, 0.25) is 0 Å². The Morgan fingerprint density at radius 2 is 0.483 bits per heavy atom. The second-order valence-electron chi connectivity index (χ2n) is 31.1. The number of aliphatic hydroxyl groups is 20. The summed E-state index contributed by atoms with van der Waals surface area (Å²) < 4.78 is 81.8. The number of unbranched alkanes of at least 4 members (excludes halogenated alkanes) is 18. The molecule has 21 aliphatic rings. The van der Waals surface area contributed by atoms with Gasteiger partial charge in [0, 0.05) is 32.5 Å². The van der Waals surface area contributed by atoms with Crippen molar-refractivity contribution in [2.24, 2.45) is 0 Å². The third-order valence-corrected chi connectivity index (χ3v) is 22.4. The molecule has 21 aliphatic heterocycles. The van der Waals surface area contributed by atoms with Gasteiger partial charge in [0.05, 0.1) is 46.1 Å². The molecule has 21 fully saturated rings. The predicted octanol–water partition coefficient (Wildman–Crippen LogP) is -8.38. The molecule has 0 aliphatic carbocycles. The van der Waals surface area contributed by atoms with E-state index in [0.717, 1.165) is 64.2 Å². The number of nitrogens with one attached hydrogen (secondary N) is 4. The number of aliphatic hydroxyl groups excluding tert-OH is 20. The number of ether oxygens (including phenoxy) is 14. The van der Waals surface area contributed by atoms with Gasteiger partial charge < -0.3 is 190 Å². The van der Waals surface area contributed by atoms with Gasteiger partial charge in [-0.3, -0.25) is 19.2 Å². The van der Waals surface area contributed by atoms with Crippen molar-refractivity contribution in [3.8, 4) is 0 Å². The van der Waals surface area contributed by atoms with Crippen LogP contribution in [0.4, 0.5) is 0 Å². The summed E-state index contributed by atoms with van der Waals surface area (Å²) in [7, 11) is 0. The lowest BCUT2D eigenvalue weighted by Gasteiger charge is -2.50. The molecule has 21 rings (SSSR count). The lowest BCUT2D eigenvalue weighted by atomic mass is 9.95. The molecule has 0 aromatic carbocycles. The Kier molecular flexibility index (Phi) is 41.5. The van der Waals surface area contributed by atoms with Gasteiger partial charge in [-0.05, 0) is 12.8 Å². The molecule has 0 spiro atoms. The van der Waals surface area contributed by atoms with E-state index in [0.29, 0.717) is 19.4 Å². The Morgan fingerprint density at radius 1 is 0.259 bits per heavy atom. The van der Waals surface area contributed by atoms with Gasteiger partial charge in [-0.1, -0.05) is 129 Å². The number of amides is 4. The number of hydrogen-bond donors (Lipinski definition) is 24. The summed E-state index contributed by atoms with van der Waals surface area (Å²) >= 11 is 0. The minimum absolute atomic E-state index is 0.268. The molecule has 674 valence electrons. The summed E-state index contributed by atoms with van der Waals surface area (Å²) in [6, 6.07) is -1.35. The topological polar surface area (TPSA) is 650 Å². The average molecular weight is 1680 g/mol. The Balaban J connectivity index is 1.00. The van der Waals surface area contributed by atoms with Crippen LogP contribution in [0, 0.1) is 0 Å². The van der Waals surface area contributed by atoms with E-state index in [1.54, 1.807) is 0 Å². The molecule has 0 aromatic heterocycles. The second kappa shape index (κ2) is 49.1. The molecule has 0 aromatic rings. The number of carbonyl (C=O) groups is 4. The Bertz CT molecular complexity index is 2830. The van der Waals surface area contributed by atoms with Crippen LogP contribution in [0.1, 0.15) is 162 Å². The largest absolute Gasteiger partial charge is 0.394 e. The molecule has 0 radical (unpaired) electrons. The van der Waals surface area contributed by atoms with E-state index in [1.165, 1.54) is 51.4 Å². The van der Waals surface area contributed by atoms with Crippen LogP contribution >= 0.6 is 0 Å². The van der Waals surface area contributed by atoms with Crippen LogP contribution in [0.25, 0.3) is 0 Å². The number of carbonyl (C=O) groups excluding carboxylic acids is 4. The van der Waals surface area contributed by atoms with Gasteiger partial charge in [0.15, 0.2) is 44.0 Å². The van der Waals surface area contributed by atoms with E-state index in [-0.39, 0.29) is 6.54 Å². The fourth-order valence-electron chi connectivity index (χ4n) is 15.5. The highest BCUT2D eigenvalue weighted by Crippen LogP contribution is 2.39. The molecule has 42 heteroatoms. The molecule has 42 nitrogen and oxygen atoms in total. The zero-order chi connectivity index (χ0) is 84.4. The fourth-order valence-corrected chi connectivity index (χ4v) is 15.5. The van der Waals surface area contributed by atoms with Gasteiger partial charge in [0.1, 0.15) is 177 Å². The smallest absolute Gasteiger partial charge is 0.243 e. The minimum Gasteiger partial charge on any atom is -0.394 e. The van der Waals surface area contributed by atoms with E-state index in [2.05, 4.69) is 35.1 Å².